The molecule has 0 N–H and O–H groups in total. The molecular formula is C11H20. The quantitative estimate of drug-likeness (QED) is 0.538. The molecule has 0 heteroatoms. The summed E-state index contributed by atoms with van der Waals surface area (Å²) < 4.78 is 0. The molecule has 2 bridgehead atoms. The molecule has 3 unspecified atom stereocenters. The standard InChI is InChI=1S/C11H20/c1-3-9-7-11(2)6-4-5-10(9)8-11/h9-10H,3-8H2,1-2H3. The molecule has 2 saturated carbocycles. The molecule has 2 aliphatic rings. The van der Waals surface area contributed by atoms with E-state index in [2.05, 4.69) is 13.8 Å². The van der Waals surface area contributed by atoms with E-state index < -0.39 is 0 Å². The van der Waals surface area contributed by atoms with Gasteiger partial charge in [0.15, 0.2) is 0 Å². The number of hydrogen-bond acceptors (Lipinski definition) is 0. The van der Waals surface area contributed by atoms with Crippen molar-refractivity contribution < 1.29 is 0 Å². The average Bonchev–Trinajstić information content (AvgIpc) is 2.21. The molecule has 0 aromatic carbocycles. The Hall–Kier alpha value is 0. The Labute approximate surface area is 70.4 Å². The van der Waals surface area contributed by atoms with E-state index >= 15 is 0 Å². The molecule has 2 aliphatic carbocycles. The zero-order valence-corrected chi connectivity index (χ0v) is 7.90. The Balaban J connectivity index is 2.10. The van der Waals surface area contributed by atoms with E-state index in [1.807, 2.05) is 0 Å². The van der Waals surface area contributed by atoms with E-state index in [1.54, 1.807) is 6.42 Å². The van der Waals surface area contributed by atoms with Crippen molar-refractivity contribution in [3.8, 4) is 0 Å². The van der Waals surface area contributed by atoms with Gasteiger partial charge >= 0.3 is 0 Å². The van der Waals surface area contributed by atoms with Gasteiger partial charge in [0.1, 0.15) is 0 Å². The second-order valence-electron chi connectivity index (χ2n) is 5.04. The van der Waals surface area contributed by atoms with E-state index in [0.717, 1.165) is 17.3 Å². The lowest BCUT2D eigenvalue weighted by molar-refractivity contribution is 0.236. The van der Waals surface area contributed by atoms with Gasteiger partial charge in [-0.1, -0.05) is 33.1 Å². The third-order valence-corrected chi connectivity index (χ3v) is 4.06. The van der Waals surface area contributed by atoms with Crippen molar-refractivity contribution in [1.82, 2.24) is 0 Å². The van der Waals surface area contributed by atoms with Gasteiger partial charge in [0, 0.05) is 0 Å². The molecule has 0 spiro atoms. The minimum Gasteiger partial charge on any atom is -0.0651 e. The number of fused-ring (bicyclic) bond motifs is 2. The van der Waals surface area contributed by atoms with Crippen LogP contribution in [0, 0.1) is 17.3 Å². The third-order valence-electron chi connectivity index (χ3n) is 4.06. The zero-order chi connectivity index (χ0) is 7.90. The van der Waals surface area contributed by atoms with Crippen molar-refractivity contribution in [2.45, 2.75) is 52.4 Å². The summed E-state index contributed by atoms with van der Waals surface area (Å²) in [6, 6.07) is 0. The van der Waals surface area contributed by atoms with Gasteiger partial charge in [-0.05, 0) is 36.5 Å². The summed E-state index contributed by atoms with van der Waals surface area (Å²) in [5.74, 6) is 2.20. The largest absolute Gasteiger partial charge is 0.0651 e. The highest BCUT2D eigenvalue weighted by Crippen LogP contribution is 2.54. The lowest BCUT2D eigenvalue weighted by atomic mass is 9.77. The Bertz CT molecular complexity index is 150. The van der Waals surface area contributed by atoms with E-state index in [1.165, 1.54) is 32.1 Å². The highest BCUT2D eigenvalue weighted by molar-refractivity contribution is 4.94. The van der Waals surface area contributed by atoms with Gasteiger partial charge in [0.05, 0.1) is 0 Å². The smallest absolute Gasteiger partial charge is 0.0320 e. The van der Waals surface area contributed by atoms with E-state index in [4.69, 9.17) is 0 Å². The van der Waals surface area contributed by atoms with Crippen LogP contribution in [0.25, 0.3) is 0 Å². The number of rotatable bonds is 1. The Morgan fingerprint density at radius 3 is 2.82 bits per heavy atom. The first-order valence-electron chi connectivity index (χ1n) is 5.23. The van der Waals surface area contributed by atoms with E-state index in [-0.39, 0.29) is 0 Å². The molecule has 0 heterocycles. The van der Waals surface area contributed by atoms with Gasteiger partial charge in [-0.2, -0.15) is 0 Å². The second-order valence-corrected chi connectivity index (χ2v) is 5.04. The molecule has 2 fully saturated rings. The molecule has 0 nitrogen and oxygen atoms in total. The van der Waals surface area contributed by atoms with Gasteiger partial charge in [-0.3, -0.25) is 0 Å². The topological polar surface area (TPSA) is 0 Å². The Morgan fingerprint density at radius 2 is 2.18 bits per heavy atom. The first-order chi connectivity index (χ1) is 5.23. The third kappa shape index (κ3) is 1.21. The first-order valence-corrected chi connectivity index (χ1v) is 5.23. The van der Waals surface area contributed by atoms with E-state index in [9.17, 15) is 0 Å². The fraction of sp³-hybridized carbons (Fsp3) is 1.00. The maximum Gasteiger partial charge on any atom is -0.0320 e. The highest BCUT2D eigenvalue weighted by atomic mass is 14.5. The van der Waals surface area contributed by atoms with Gasteiger partial charge < -0.3 is 0 Å². The van der Waals surface area contributed by atoms with Gasteiger partial charge in [0.2, 0.25) is 0 Å². The van der Waals surface area contributed by atoms with Crippen LogP contribution in [0.4, 0.5) is 0 Å². The summed E-state index contributed by atoms with van der Waals surface area (Å²) in [5.41, 5.74) is 0.767. The lowest BCUT2D eigenvalue weighted by Gasteiger charge is -2.28. The monoisotopic (exact) mass is 152 g/mol. The fourth-order valence-corrected chi connectivity index (χ4v) is 3.49. The van der Waals surface area contributed by atoms with Crippen LogP contribution in [-0.4, -0.2) is 0 Å². The van der Waals surface area contributed by atoms with Gasteiger partial charge in [0.25, 0.3) is 0 Å². The molecule has 2 rings (SSSR count). The van der Waals surface area contributed by atoms with Crippen molar-refractivity contribution in [1.29, 1.82) is 0 Å². The van der Waals surface area contributed by atoms with Crippen molar-refractivity contribution in [2.24, 2.45) is 17.3 Å². The van der Waals surface area contributed by atoms with Gasteiger partial charge in [-0.25, -0.2) is 0 Å². The Kier molecular flexibility index (Phi) is 1.74. The van der Waals surface area contributed by atoms with Crippen LogP contribution in [-0.2, 0) is 0 Å². The van der Waals surface area contributed by atoms with Crippen LogP contribution in [0.2, 0.25) is 0 Å². The SMILES string of the molecule is CCC1CC2(C)CCCC1C2. The van der Waals surface area contributed by atoms with Crippen LogP contribution in [0.1, 0.15) is 52.4 Å². The second kappa shape index (κ2) is 2.50. The van der Waals surface area contributed by atoms with Crippen LogP contribution in [0.3, 0.4) is 0 Å². The molecule has 0 aliphatic heterocycles. The molecule has 3 atom stereocenters. The van der Waals surface area contributed by atoms with Crippen LogP contribution in [0.15, 0.2) is 0 Å². The molecule has 64 valence electrons. The van der Waals surface area contributed by atoms with Crippen LogP contribution < -0.4 is 0 Å². The van der Waals surface area contributed by atoms with Crippen molar-refractivity contribution >= 4 is 0 Å². The molecule has 0 aromatic heterocycles. The molecule has 0 amide bonds. The van der Waals surface area contributed by atoms with Gasteiger partial charge in [-0.15, -0.1) is 0 Å². The molecule has 0 aromatic rings. The maximum atomic E-state index is 2.51. The summed E-state index contributed by atoms with van der Waals surface area (Å²) in [4.78, 5) is 0. The minimum absolute atomic E-state index is 0.767. The van der Waals surface area contributed by atoms with Crippen molar-refractivity contribution in [3.63, 3.8) is 0 Å². The highest BCUT2D eigenvalue weighted by Gasteiger charge is 2.43. The van der Waals surface area contributed by atoms with Crippen molar-refractivity contribution in [3.05, 3.63) is 0 Å². The predicted molar refractivity (Wildman–Crippen MR) is 48.5 cm³/mol. The zero-order valence-electron chi connectivity index (χ0n) is 7.90. The summed E-state index contributed by atoms with van der Waals surface area (Å²) in [5, 5.41) is 0. The normalized spacial score (nSPS) is 49.6. The Morgan fingerprint density at radius 1 is 1.36 bits per heavy atom. The molecular weight excluding hydrogens is 132 g/mol. The summed E-state index contributed by atoms with van der Waals surface area (Å²) in [6.45, 7) is 4.88. The first kappa shape index (κ1) is 7.64. The van der Waals surface area contributed by atoms with Crippen LogP contribution in [0.5, 0.6) is 0 Å². The molecule has 11 heavy (non-hydrogen) atoms. The van der Waals surface area contributed by atoms with Crippen LogP contribution >= 0.6 is 0 Å². The average molecular weight is 152 g/mol. The molecule has 0 radical (unpaired) electrons. The lowest BCUT2D eigenvalue weighted by Crippen LogP contribution is -2.16. The van der Waals surface area contributed by atoms with E-state index in [0.29, 0.717) is 0 Å². The fourth-order valence-electron chi connectivity index (χ4n) is 3.49. The van der Waals surface area contributed by atoms with Crippen molar-refractivity contribution in [2.75, 3.05) is 0 Å². The predicted octanol–water partition coefficient (Wildman–Crippen LogP) is 3.61. The molecule has 0 saturated heterocycles. The maximum absolute atomic E-state index is 2.51. The summed E-state index contributed by atoms with van der Waals surface area (Å²) >= 11 is 0. The summed E-state index contributed by atoms with van der Waals surface area (Å²) in [7, 11) is 0. The number of hydrogen-bond donors (Lipinski definition) is 0. The summed E-state index contributed by atoms with van der Waals surface area (Å²) in [6.07, 6.45) is 9.08. The minimum atomic E-state index is 0.767.